The second kappa shape index (κ2) is 7.64. The van der Waals surface area contributed by atoms with Gasteiger partial charge in [0.15, 0.2) is 0 Å². The molecule has 3 N–H and O–H groups in total. The van der Waals surface area contributed by atoms with Gasteiger partial charge in [0, 0.05) is 19.2 Å². The first-order valence-electron chi connectivity index (χ1n) is 7.32. The van der Waals surface area contributed by atoms with E-state index in [-0.39, 0.29) is 18.7 Å². The summed E-state index contributed by atoms with van der Waals surface area (Å²) in [5.41, 5.74) is 1.21. The maximum Gasteiger partial charge on any atom is 0.315 e. The highest BCUT2D eigenvalue weighted by Crippen LogP contribution is 2.15. The van der Waals surface area contributed by atoms with Crippen LogP contribution in [0.3, 0.4) is 0 Å². The van der Waals surface area contributed by atoms with Gasteiger partial charge in [0.1, 0.15) is 0 Å². The summed E-state index contributed by atoms with van der Waals surface area (Å²) >= 11 is 0. The van der Waals surface area contributed by atoms with Crippen molar-refractivity contribution in [2.75, 3.05) is 13.2 Å². The Hall–Kier alpha value is -2.07. The Bertz CT molecular complexity index is 598. The monoisotopic (exact) mass is 286 g/mol. The molecule has 0 bridgehead atoms. The second-order valence-electron chi connectivity index (χ2n) is 5.25. The molecule has 21 heavy (non-hydrogen) atoms. The lowest BCUT2D eigenvalue weighted by molar-refractivity contribution is 0.231. The van der Waals surface area contributed by atoms with Crippen LogP contribution in [0.2, 0.25) is 0 Å². The van der Waals surface area contributed by atoms with Gasteiger partial charge in [0.05, 0.1) is 0 Å². The molecule has 0 unspecified atom stereocenters. The smallest absolute Gasteiger partial charge is 0.315 e. The minimum atomic E-state index is -0.184. The summed E-state index contributed by atoms with van der Waals surface area (Å²) in [6.07, 6.45) is 1.37. The average molecular weight is 286 g/mol. The molecule has 0 fully saturated rings. The molecule has 0 aliphatic rings. The minimum absolute atomic E-state index is 0.0179. The largest absolute Gasteiger partial charge is 0.396 e. The van der Waals surface area contributed by atoms with E-state index in [2.05, 4.69) is 41.0 Å². The topological polar surface area (TPSA) is 61.4 Å². The number of fused-ring (bicyclic) bond motifs is 1. The van der Waals surface area contributed by atoms with Gasteiger partial charge in [-0.05, 0) is 36.1 Å². The number of hydrogen-bond donors (Lipinski definition) is 3. The Balaban J connectivity index is 1.80. The maximum atomic E-state index is 11.6. The van der Waals surface area contributed by atoms with Gasteiger partial charge in [-0.25, -0.2) is 4.79 Å². The van der Waals surface area contributed by atoms with Crippen molar-refractivity contribution in [3.8, 4) is 0 Å². The molecule has 112 valence electrons. The third kappa shape index (κ3) is 4.76. The van der Waals surface area contributed by atoms with Crippen LogP contribution in [0, 0.1) is 0 Å². The van der Waals surface area contributed by atoms with Crippen molar-refractivity contribution in [1.82, 2.24) is 10.6 Å². The fraction of sp³-hybridized carbons (Fsp3) is 0.353. The molecule has 0 saturated heterocycles. The van der Waals surface area contributed by atoms with Gasteiger partial charge in [-0.2, -0.15) is 0 Å². The zero-order valence-electron chi connectivity index (χ0n) is 12.3. The molecule has 0 radical (unpaired) electrons. The fourth-order valence-electron chi connectivity index (χ4n) is 2.26. The fourth-order valence-corrected chi connectivity index (χ4v) is 2.26. The van der Waals surface area contributed by atoms with E-state index in [9.17, 15) is 4.79 Å². The Kier molecular flexibility index (Phi) is 5.58. The first-order valence-corrected chi connectivity index (χ1v) is 7.32. The molecule has 2 rings (SSSR count). The van der Waals surface area contributed by atoms with E-state index in [1.165, 1.54) is 16.3 Å². The van der Waals surface area contributed by atoms with Gasteiger partial charge in [-0.1, -0.05) is 42.5 Å². The zero-order valence-corrected chi connectivity index (χ0v) is 12.3. The summed E-state index contributed by atoms with van der Waals surface area (Å²) in [5.74, 6) is 0. The predicted octanol–water partition coefficient (Wildman–Crippen LogP) is 2.45. The van der Waals surface area contributed by atoms with Gasteiger partial charge < -0.3 is 15.7 Å². The number of aliphatic hydroxyl groups excluding tert-OH is 1. The Morgan fingerprint density at radius 1 is 1.19 bits per heavy atom. The standard InChI is InChI=1S/C17H22N2O2/c1-13(9-11-20)19-17(21)18-10-8-14-6-7-15-4-2-3-5-16(15)12-14/h2-7,12-13,20H,8-11H2,1H3,(H2,18,19,21)/t13-/m1/s1. The first kappa shape index (κ1) is 15.3. The van der Waals surface area contributed by atoms with Crippen LogP contribution < -0.4 is 10.6 Å². The van der Waals surface area contributed by atoms with Crippen LogP contribution in [0.1, 0.15) is 18.9 Å². The molecule has 2 aromatic carbocycles. The van der Waals surface area contributed by atoms with Gasteiger partial charge in [0.25, 0.3) is 0 Å². The number of hydrogen-bond acceptors (Lipinski definition) is 2. The van der Waals surface area contributed by atoms with E-state index in [1.54, 1.807) is 0 Å². The molecule has 0 saturated carbocycles. The van der Waals surface area contributed by atoms with Crippen LogP contribution >= 0.6 is 0 Å². The molecule has 0 spiro atoms. The number of carbonyl (C=O) groups excluding carboxylic acids is 1. The van der Waals surface area contributed by atoms with E-state index in [0.717, 1.165) is 6.42 Å². The molecular formula is C17H22N2O2. The Morgan fingerprint density at radius 2 is 1.95 bits per heavy atom. The third-order valence-corrected chi connectivity index (χ3v) is 3.45. The van der Waals surface area contributed by atoms with Crippen molar-refractivity contribution in [3.05, 3.63) is 48.0 Å². The van der Waals surface area contributed by atoms with Gasteiger partial charge >= 0.3 is 6.03 Å². The molecular weight excluding hydrogens is 264 g/mol. The van der Waals surface area contributed by atoms with Crippen LogP contribution in [0.4, 0.5) is 4.79 Å². The van der Waals surface area contributed by atoms with E-state index < -0.39 is 0 Å². The Morgan fingerprint density at radius 3 is 2.71 bits per heavy atom. The van der Waals surface area contributed by atoms with Crippen molar-refractivity contribution < 1.29 is 9.90 Å². The zero-order chi connectivity index (χ0) is 15.1. The van der Waals surface area contributed by atoms with E-state index in [1.807, 2.05) is 19.1 Å². The predicted molar refractivity (Wildman–Crippen MR) is 85.4 cm³/mol. The number of nitrogens with one attached hydrogen (secondary N) is 2. The van der Waals surface area contributed by atoms with Gasteiger partial charge in [0.2, 0.25) is 0 Å². The van der Waals surface area contributed by atoms with Crippen LogP contribution in [-0.2, 0) is 6.42 Å². The lowest BCUT2D eigenvalue weighted by Gasteiger charge is -2.13. The number of amides is 2. The summed E-state index contributed by atoms with van der Waals surface area (Å²) in [4.78, 5) is 11.6. The quantitative estimate of drug-likeness (QED) is 0.764. The van der Waals surface area contributed by atoms with E-state index in [0.29, 0.717) is 13.0 Å². The van der Waals surface area contributed by atoms with Crippen molar-refractivity contribution in [2.24, 2.45) is 0 Å². The third-order valence-electron chi connectivity index (χ3n) is 3.45. The summed E-state index contributed by atoms with van der Waals surface area (Å²) in [6.45, 7) is 2.55. The van der Waals surface area contributed by atoms with E-state index >= 15 is 0 Å². The highest BCUT2D eigenvalue weighted by Gasteiger charge is 2.05. The second-order valence-corrected chi connectivity index (χ2v) is 5.25. The van der Waals surface area contributed by atoms with Crippen molar-refractivity contribution >= 4 is 16.8 Å². The van der Waals surface area contributed by atoms with E-state index in [4.69, 9.17) is 5.11 Å². The first-order chi connectivity index (χ1) is 10.2. The van der Waals surface area contributed by atoms with Crippen molar-refractivity contribution in [2.45, 2.75) is 25.8 Å². The van der Waals surface area contributed by atoms with Crippen molar-refractivity contribution in [1.29, 1.82) is 0 Å². The van der Waals surface area contributed by atoms with Crippen LogP contribution in [0.5, 0.6) is 0 Å². The molecule has 1 atom stereocenters. The summed E-state index contributed by atoms with van der Waals surface area (Å²) in [7, 11) is 0. The SMILES string of the molecule is C[C@H](CCO)NC(=O)NCCc1ccc2ccccc2c1. The van der Waals surface area contributed by atoms with Crippen LogP contribution in [-0.4, -0.2) is 30.3 Å². The molecule has 0 heterocycles. The number of carbonyl (C=O) groups is 1. The lowest BCUT2D eigenvalue weighted by atomic mass is 10.1. The van der Waals surface area contributed by atoms with Gasteiger partial charge in [-0.15, -0.1) is 0 Å². The minimum Gasteiger partial charge on any atom is -0.396 e. The number of aliphatic hydroxyl groups is 1. The molecule has 4 heteroatoms. The lowest BCUT2D eigenvalue weighted by Crippen LogP contribution is -2.41. The molecule has 2 aromatic rings. The van der Waals surface area contributed by atoms with Crippen LogP contribution in [0.25, 0.3) is 10.8 Å². The highest BCUT2D eigenvalue weighted by molar-refractivity contribution is 5.83. The normalized spacial score (nSPS) is 12.1. The maximum absolute atomic E-state index is 11.6. The number of benzene rings is 2. The highest BCUT2D eigenvalue weighted by atomic mass is 16.3. The molecule has 0 aromatic heterocycles. The molecule has 4 nitrogen and oxygen atoms in total. The van der Waals surface area contributed by atoms with Gasteiger partial charge in [-0.3, -0.25) is 0 Å². The summed E-state index contributed by atoms with van der Waals surface area (Å²) in [6, 6.07) is 14.4. The molecule has 2 amide bonds. The number of urea groups is 1. The summed E-state index contributed by atoms with van der Waals surface area (Å²) in [5, 5.41) is 16.9. The molecule has 0 aliphatic heterocycles. The Labute approximate surface area is 125 Å². The molecule has 0 aliphatic carbocycles. The van der Waals surface area contributed by atoms with Crippen molar-refractivity contribution in [3.63, 3.8) is 0 Å². The number of rotatable bonds is 6. The average Bonchev–Trinajstić information content (AvgIpc) is 2.47. The summed E-state index contributed by atoms with van der Waals surface area (Å²) < 4.78 is 0. The van der Waals surface area contributed by atoms with Crippen LogP contribution in [0.15, 0.2) is 42.5 Å².